The van der Waals surface area contributed by atoms with E-state index in [-0.39, 0.29) is 30.1 Å². The number of anilines is 1. The highest BCUT2D eigenvalue weighted by atomic mass is 32.2. The zero-order chi connectivity index (χ0) is 20.5. The molecule has 1 atom stereocenters. The van der Waals surface area contributed by atoms with Gasteiger partial charge in [-0.1, -0.05) is 18.7 Å². The molecular formula is C20H22N4O4S. The number of nitrogens with zero attached hydrogens (tertiary/aromatic N) is 2. The number of thioether (sulfide) groups is 1. The Hall–Kier alpha value is -2.94. The minimum absolute atomic E-state index is 0.0255. The average Bonchev–Trinajstić information content (AvgIpc) is 3.31. The number of carbonyl (C=O) groups excluding carboxylic acids is 1. The van der Waals surface area contributed by atoms with Crippen molar-refractivity contribution in [3.63, 3.8) is 0 Å². The smallest absolute Gasteiger partial charge is 0.278 e. The van der Waals surface area contributed by atoms with Crippen LogP contribution in [0.2, 0.25) is 0 Å². The van der Waals surface area contributed by atoms with Crippen LogP contribution in [0.3, 0.4) is 0 Å². The van der Waals surface area contributed by atoms with Crippen LogP contribution in [-0.2, 0) is 4.79 Å². The van der Waals surface area contributed by atoms with E-state index in [1.165, 1.54) is 11.8 Å². The number of nitrogens with one attached hydrogen (secondary N) is 2. The molecule has 152 valence electrons. The molecule has 0 radical (unpaired) electrons. The lowest BCUT2D eigenvalue weighted by Crippen LogP contribution is -2.26. The summed E-state index contributed by atoms with van der Waals surface area (Å²) in [4.78, 5) is 33.1. The Labute approximate surface area is 171 Å². The quantitative estimate of drug-likeness (QED) is 0.473. The lowest BCUT2D eigenvalue weighted by atomic mass is 10.2. The molecule has 1 aliphatic heterocycles. The lowest BCUT2D eigenvalue weighted by Gasteiger charge is -2.17. The molecule has 1 aromatic carbocycles. The van der Waals surface area contributed by atoms with Crippen molar-refractivity contribution < 1.29 is 14.3 Å². The van der Waals surface area contributed by atoms with Crippen molar-refractivity contribution in [1.29, 1.82) is 0 Å². The van der Waals surface area contributed by atoms with Crippen molar-refractivity contribution in [2.45, 2.75) is 38.4 Å². The van der Waals surface area contributed by atoms with Gasteiger partial charge in [0.1, 0.15) is 5.52 Å². The van der Waals surface area contributed by atoms with E-state index in [0.29, 0.717) is 33.4 Å². The summed E-state index contributed by atoms with van der Waals surface area (Å²) >= 11 is 1.25. The maximum absolute atomic E-state index is 13.0. The molecule has 0 fully saturated rings. The number of carbonyl (C=O) groups is 1. The molecule has 2 N–H and O–H groups in total. The molecule has 8 nitrogen and oxygen atoms in total. The van der Waals surface area contributed by atoms with E-state index < -0.39 is 0 Å². The van der Waals surface area contributed by atoms with Crippen LogP contribution in [0, 0.1) is 6.92 Å². The Balaban J connectivity index is 1.54. The first-order chi connectivity index (χ1) is 14.0. The van der Waals surface area contributed by atoms with Crippen molar-refractivity contribution >= 4 is 34.4 Å². The first-order valence-electron chi connectivity index (χ1n) is 9.40. The monoisotopic (exact) mass is 414 g/mol. The van der Waals surface area contributed by atoms with E-state index in [1.807, 2.05) is 26.8 Å². The second-order valence-corrected chi connectivity index (χ2v) is 7.89. The van der Waals surface area contributed by atoms with Crippen molar-refractivity contribution in [3.05, 3.63) is 40.3 Å². The summed E-state index contributed by atoms with van der Waals surface area (Å²) in [5.74, 6) is 1.21. The Morgan fingerprint density at radius 2 is 2.14 bits per heavy atom. The second-order valence-electron chi connectivity index (χ2n) is 6.94. The lowest BCUT2D eigenvalue weighted by molar-refractivity contribution is -0.113. The predicted octanol–water partition coefficient (Wildman–Crippen LogP) is 3.46. The largest absolute Gasteiger partial charge is 0.454 e. The van der Waals surface area contributed by atoms with E-state index >= 15 is 0 Å². The van der Waals surface area contributed by atoms with Gasteiger partial charge in [0, 0.05) is 23.5 Å². The summed E-state index contributed by atoms with van der Waals surface area (Å²) in [6.45, 7) is 6.06. The third-order valence-corrected chi connectivity index (χ3v) is 5.76. The molecule has 0 bridgehead atoms. The number of benzene rings is 1. The number of aromatic nitrogens is 3. The van der Waals surface area contributed by atoms with Crippen molar-refractivity contribution in [3.8, 4) is 11.5 Å². The van der Waals surface area contributed by atoms with Gasteiger partial charge in [-0.2, -0.15) is 0 Å². The van der Waals surface area contributed by atoms with Crippen molar-refractivity contribution in [2.24, 2.45) is 0 Å². The Morgan fingerprint density at radius 1 is 1.34 bits per heavy atom. The highest BCUT2D eigenvalue weighted by molar-refractivity contribution is 7.99. The number of hydrogen-bond donors (Lipinski definition) is 2. The molecule has 0 saturated heterocycles. The van der Waals surface area contributed by atoms with E-state index in [9.17, 15) is 9.59 Å². The third kappa shape index (κ3) is 3.82. The zero-order valence-electron chi connectivity index (χ0n) is 16.4. The minimum Gasteiger partial charge on any atom is -0.454 e. The number of aryl methyl sites for hydroxylation is 1. The van der Waals surface area contributed by atoms with E-state index in [0.717, 1.165) is 12.1 Å². The number of rotatable bonds is 6. The summed E-state index contributed by atoms with van der Waals surface area (Å²) in [5.41, 5.74) is 2.51. The molecular weight excluding hydrogens is 392 g/mol. The number of fused-ring (bicyclic) bond motifs is 2. The Bertz CT molecular complexity index is 1140. The van der Waals surface area contributed by atoms with Crippen LogP contribution in [0.25, 0.3) is 11.0 Å². The highest BCUT2D eigenvalue weighted by Crippen LogP contribution is 2.34. The van der Waals surface area contributed by atoms with Crippen LogP contribution in [0.15, 0.2) is 34.2 Å². The van der Waals surface area contributed by atoms with Crippen LogP contribution in [0.4, 0.5) is 5.69 Å². The fourth-order valence-electron chi connectivity index (χ4n) is 3.16. The molecule has 1 amide bonds. The van der Waals surface area contributed by atoms with Crippen LogP contribution in [0.5, 0.6) is 11.5 Å². The molecule has 29 heavy (non-hydrogen) atoms. The summed E-state index contributed by atoms with van der Waals surface area (Å²) < 4.78 is 12.3. The molecule has 3 heterocycles. The van der Waals surface area contributed by atoms with Crippen molar-refractivity contribution in [2.75, 3.05) is 17.9 Å². The summed E-state index contributed by atoms with van der Waals surface area (Å²) in [6, 6.07) is 7.07. The van der Waals surface area contributed by atoms with Crippen LogP contribution >= 0.6 is 11.8 Å². The average molecular weight is 414 g/mol. The van der Waals surface area contributed by atoms with E-state index in [1.54, 1.807) is 22.8 Å². The van der Waals surface area contributed by atoms with Gasteiger partial charge in [0.2, 0.25) is 12.7 Å². The Morgan fingerprint density at radius 3 is 2.93 bits per heavy atom. The molecule has 0 saturated carbocycles. The van der Waals surface area contributed by atoms with Gasteiger partial charge in [0.05, 0.1) is 11.3 Å². The number of aromatic amines is 1. The fourth-order valence-corrected chi connectivity index (χ4v) is 4.06. The summed E-state index contributed by atoms with van der Waals surface area (Å²) in [6.07, 6.45) is 0.781. The minimum atomic E-state index is -0.191. The maximum Gasteiger partial charge on any atom is 0.278 e. The van der Waals surface area contributed by atoms with Gasteiger partial charge in [-0.3, -0.25) is 14.2 Å². The molecule has 0 unspecified atom stereocenters. The number of hydrogen-bond acceptors (Lipinski definition) is 6. The number of H-pyrrole nitrogens is 1. The van der Waals surface area contributed by atoms with Gasteiger partial charge in [-0.25, -0.2) is 4.98 Å². The molecule has 1 aliphatic rings. The van der Waals surface area contributed by atoms with Crippen LogP contribution in [0.1, 0.15) is 32.0 Å². The molecule has 3 aromatic rings. The van der Waals surface area contributed by atoms with Gasteiger partial charge < -0.3 is 19.8 Å². The summed E-state index contributed by atoms with van der Waals surface area (Å²) in [7, 11) is 0. The zero-order valence-corrected chi connectivity index (χ0v) is 17.3. The number of ether oxygens (including phenoxy) is 2. The fraction of sp³-hybridized carbons (Fsp3) is 0.350. The molecule has 2 aromatic heterocycles. The van der Waals surface area contributed by atoms with Gasteiger partial charge in [0.25, 0.3) is 5.56 Å². The number of amides is 1. The van der Waals surface area contributed by atoms with Gasteiger partial charge in [-0.05, 0) is 38.5 Å². The van der Waals surface area contributed by atoms with Gasteiger partial charge in [0.15, 0.2) is 16.7 Å². The topological polar surface area (TPSA) is 98.2 Å². The van der Waals surface area contributed by atoms with E-state index in [4.69, 9.17) is 9.47 Å². The standard InChI is InChI=1S/C20H22N4O4S/c1-4-12(3)24-19(26)18-14(7-11(2)21-18)23-20(24)29-9-17(25)22-13-5-6-15-16(8-13)28-10-27-15/h5-8,12,21H,4,9-10H2,1-3H3,(H,22,25)/t12-/m0/s1. The molecule has 0 spiro atoms. The van der Waals surface area contributed by atoms with Crippen LogP contribution < -0.4 is 20.3 Å². The van der Waals surface area contributed by atoms with Crippen LogP contribution in [-0.4, -0.2) is 33.0 Å². The SMILES string of the molecule is CC[C@H](C)n1c(SCC(=O)Nc2ccc3c(c2)OCO3)nc2cc(C)[nH]c2c1=O. The maximum atomic E-state index is 13.0. The van der Waals surface area contributed by atoms with Gasteiger partial charge >= 0.3 is 0 Å². The first kappa shape index (κ1) is 19.4. The highest BCUT2D eigenvalue weighted by Gasteiger charge is 2.19. The second kappa shape index (κ2) is 7.82. The normalized spacial score (nSPS) is 13.6. The molecule has 0 aliphatic carbocycles. The molecule has 4 rings (SSSR count). The van der Waals surface area contributed by atoms with E-state index in [2.05, 4.69) is 15.3 Å². The Kier molecular flexibility index (Phi) is 5.23. The summed E-state index contributed by atoms with van der Waals surface area (Å²) in [5, 5.41) is 3.38. The third-order valence-electron chi connectivity index (χ3n) is 4.81. The molecule has 9 heteroatoms. The van der Waals surface area contributed by atoms with Crippen molar-refractivity contribution in [1.82, 2.24) is 14.5 Å². The van der Waals surface area contributed by atoms with Gasteiger partial charge in [-0.15, -0.1) is 0 Å². The predicted molar refractivity (Wildman–Crippen MR) is 112 cm³/mol. The first-order valence-corrected chi connectivity index (χ1v) is 10.4.